The molecule has 1 aromatic heterocycles. The first-order valence-electron chi connectivity index (χ1n) is 8.72. The summed E-state index contributed by atoms with van der Waals surface area (Å²) in [4.78, 5) is 11.1. The number of benzene rings is 1. The van der Waals surface area contributed by atoms with Crippen molar-refractivity contribution in [2.75, 3.05) is 18.0 Å². The van der Waals surface area contributed by atoms with Crippen molar-refractivity contribution in [1.29, 1.82) is 0 Å². The molecular formula is C18H23FN4O2S. The standard InChI is InChI=1S/C18H23FN4O2S/c1-14-11-17(22-18(21-14)23-9-3-2-4-10-23)12-20-26(24,25)13-15-5-7-16(19)8-6-15/h5-8,11,20H,2-4,9-10,12-13H2,1H3. The summed E-state index contributed by atoms with van der Waals surface area (Å²) in [6.45, 7) is 3.84. The number of anilines is 1. The number of nitrogens with one attached hydrogen (secondary N) is 1. The largest absolute Gasteiger partial charge is 0.341 e. The van der Waals surface area contributed by atoms with E-state index in [0.717, 1.165) is 31.6 Å². The van der Waals surface area contributed by atoms with Gasteiger partial charge in [0, 0.05) is 18.8 Å². The fourth-order valence-corrected chi connectivity index (χ4v) is 4.08. The van der Waals surface area contributed by atoms with Crippen LogP contribution in [0.4, 0.5) is 10.3 Å². The summed E-state index contributed by atoms with van der Waals surface area (Å²) in [7, 11) is -3.54. The molecule has 8 heteroatoms. The highest BCUT2D eigenvalue weighted by Gasteiger charge is 2.16. The summed E-state index contributed by atoms with van der Waals surface area (Å²) in [6.07, 6.45) is 3.46. The van der Waals surface area contributed by atoms with E-state index >= 15 is 0 Å². The van der Waals surface area contributed by atoms with Gasteiger partial charge in [0.1, 0.15) is 5.82 Å². The van der Waals surface area contributed by atoms with E-state index in [-0.39, 0.29) is 18.1 Å². The van der Waals surface area contributed by atoms with Crippen molar-refractivity contribution in [3.8, 4) is 0 Å². The van der Waals surface area contributed by atoms with Crippen molar-refractivity contribution in [3.05, 3.63) is 53.1 Å². The minimum absolute atomic E-state index is 0.105. The van der Waals surface area contributed by atoms with E-state index in [0.29, 0.717) is 17.2 Å². The molecule has 1 N–H and O–H groups in total. The van der Waals surface area contributed by atoms with Crippen LogP contribution in [-0.4, -0.2) is 31.5 Å². The fraction of sp³-hybridized carbons (Fsp3) is 0.444. The highest BCUT2D eigenvalue weighted by atomic mass is 32.2. The minimum Gasteiger partial charge on any atom is -0.341 e. The van der Waals surface area contributed by atoms with Gasteiger partial charge in [0.15, 0.2) is 0 Å². The molecule has 0 unspecified atom stereocenters. The predicted molar refractivity (Wildman–Crippen MR) is 98.7 cm³/mol. The van der Waals surface area contributed by atoms with Gasteiger partial charge in [-0.2, -0.15) is 0 Å². The average molecular weight is 378 g/mol. The second-order valence-corrected chi connectivity index (χ2v) is 8.36. The third kappa shape index (κ3) is 5.22. The fourth-order valence-electron chi connectivity index (χ4n) is 2.98. The third-order valence-corrected chi connectivity index (χ3v) is 5.58. The molecule has 1 saturated heterocycles. The van der Waals surface area contributed by atoms with Crippen LogP contribution in [0.5, 0.6) is 0 Å². The molecule has 1 aliphatic rings. The van der Waals surface area contributed by atoms with Crippen LogP contribution in [0.25, 0.3) is 0 Å². The van der Waals surface area contributed by atoms with E-state index < -0.39 is 10.0 Å². The molecule has 0 bridgehead atoms. The first kappa shape index (κ1) is 18.7. The summed E-state index contributed by atoms with van der Waals surface area (Å²) in [6, 6.07) is 7.23. The van der Waals surface area contributed by atoms with Gasteiger partial charge in [-0.25, -0.2) is 27.5 Å². The number of sulfonamides is 1. The van der Waals surface area contributed by atoms with Gasteiger partial charge in [0.2, 0.25) is 16.0 Å². The van der Waals surface area contributed by atoms with Crippen LogP contribution < -0.4 is 9.62 Å². The van der Waals surface area contributed by atoms with Gasteiger partial charge in [0.25, 0.3) is 0 Å². The van der Waals surface area contributed by atoms with E-state index in [4.69, 9.17) is 0 Å². The van der Waals surface area contributed by atoms with Gasteiger partial charge in [-0.05, 0) is 49.9 Å². The first-order chi connectivity index (χ1) is 12.4. The lowest BCUT2D eigenvalue weighted by atomic mass is 10.1. The molecule has 0 spiro atoms. The molecular weight excluding hydrogens is 355 g/mol. The van der Waals surface area contributed by atoms with Crippen LogP contribution in [0.3, 0.4) is 0 Å². The second kappa shape index (κ2) is 8.09. The number of piperidine rings is 1. The zero-order valence-corrected chi connectivity index (χ0v) is 15.6. The predicted octanol–water partition coefficient (Wildman–Crippen LogP) is 2.53. The second-order valence-electron chi connectivity index (χ2n) is 6.56. The summed E-state index contributed by atoms with van der Waals surface area (Å²) < 4.78 is 40.0. The lowest BCUT2D eigenvalue weighted by Gasteiger charge is -2.27. The van der Waals surface area contributed by atoms with Gasteiger partial charge < -0.3 is 4.90 Å². The number of aromatic nitrogens is 2. The Bertz CT molecular complexity index is 850. The topological polar surface area (TPSA) is 75.2 Å². The zero-order valence-electron chi connectivity index (χ0n) is 14.8. The molecule has 0 aliphatic carbocycles. The van der Waals surface area contributed by atoms with Gasteiger partial charge in [-0.3, -0.25) is 0 Å². The Labute approximate surface area is 153 Å². The van der Waals surface area contributed by atoms with Crippen LogP contribution in [0.15, 0.2) is 30.3 Å². The monoisotopic (exact) mass is 378 g/mol. The molecule has 1 aromatic carbocycles. The number of hydrogen-bond donors (Lipinski definition) is 1. The molecule has 26 heavy (non-hydrogen) atoms. The van der Waals surface area contributed by atoms with Crippen molar-refractivity contribution in [3.63, 3.8) is 0 Å². The quantitative estimate of drug-likeness (QED) is 0.836. The maximum atomic E-state index is 12.9. The Balaban J connectivity index is 1.66. The molecule has 3 rings (SSSR count). The summed E-state index contributed by atoms with van der Waals surface area (Å²) >= 11 is 0. The lowest BCUT2D eigenvalue weighted by Crippen LogP contribution is -2.32. The molecule has 6 nitrogen and oxygen atoms in total. The average Bonchev–Trinajstić information content (AvgIpc) is 2.62. The molecule has 1 aliphatic heterocycles. The van der Waals surface area contributed by atoms with Crippen molar-refractivity contribution in [2.24, 2.45) is 0 Å². The molecule has 0 saturated carbocycles. The van der Waals surface area contributed by atoms with Crippen LogP contribution >= 0.6 is 0 Å². The smallest absolute Gasteiger partial charge is 0.225 e. The normalized spacial score (nSPS) is 15.2. The van der Waals surface area contributed by atoms with Crippen molar-refractivity contribution < 1.29 is 12.8 Å². The molecule has 2 heterocycles. The molecule has 0 radical (unpaired) electrons. The van der Waals surface area contributed by atoms with Crippen molar-refractivity contribution in [2.45, 2.75) is 38.5 Å². The van der Waals surface area contributed by atoms with Crippen LogP contribution in [0.2, 0.25) is 0 Å². The zero-order chi connectivity index (χ0) is 18.6. The SMILES string of the molecule is Cc1cc(CNS(=O)(=O)Cc2ccc(F)cc2)nc(N2CCCCC2)n1. The first-order valence-corrected chi connectivity index (χ1v) is 10.4. The highest BCUT2D eigenvalue weighted by molar-refractivity contribution is 7.88. The van der Waals surface area contributed by atoms with Crippen LogP contribution in [-0.2, 0) is 22.3 Å². The molecule has 0 amide bonds. The van der Waals surface area contributed by atoms with Crippen LogP contribution in [0, 0.1) is 12.7 Å². The van der Waals surface area contributed by atoms with E-state index in [1.165, 1.54) is 30.7 Å². The molecule has 2 aromatic rings. The van der Waals surface area contributed by atoms with Gasteiger partial charge in [-0.1, -0.05) is 12.1 Å². The number of halogens is 1. The third-order valence-electron chi connectivity index (χ3n) is 4.28. The molecule has 140 valence electrons. The summed E-state index contributed by atoms with van der Waals surface area (Å²) in [5.41, 5.74) is 1.99. The Morgan fingerprint density at radius 3 is 2.50 bits per heavy atom. The van der Waals surface area contributed by atoms with Crippen molar-refractivity contribution in [1.82, 2.24) is 14.7 Å². The Morgan fingerprint density at radius 2 is 1.81 bits per heavy atom. The molecule has 0 atom stereocenters. The Kier molecular flexibility index (Phi) is 5.83. The number of rotatable bonds is 6. The van der Waals surface area contributed by atoms with Gasteiger partial charge in [-0.15, -0.1) is 0 Å². The lowest BCUT2D eigenvalue weighted by molar-refractivity contribution is 0.565. The summed E-state index contributed by atoms with van der Waals surface area (Å²) in [5, 5.41) is 0. The Morgan fingerprint density at radius 1 is 1.12 bits per heavy atom. The van der Waals surface area contributed by atoms with E-state index in [2.05, 4.69) is 19.6 Å². The maximum absolute atomic E-state index is 12.9. The van der Waals surface area contributed by atoms with E-state index in [1.54, 1.807) is 6.07 Å². The van der Waals surface area contributed by atoms with Gasteiger partial charge >= 0.3 is 0 Å². The summed E-state index contributed by atoms with van der Waals surface area (Å²) in [5.74, 6) is 0.0781. The maximum Gasteiger partial charge on any atom is 0.225 e. The number of hydrogen-bond acceptors (Lipinski definition) is 5. The van der Waals surface area contributed by atoms with Crippen LogP contribution in [0.1, 0.15) is 36.2 Å². The number of nitrogens with zero attached hydrogens (tertiary/aromatic N) is 3. The van der Waals surface area contributed by atoms with Crippen molar-refractivity contribution >= 4 is 16.0 Å². The Hall–Kier alpha value is -2.06. The molecule has 1 fully saturated rings. The highest BCUT2D eigenvalue weighted by Crippen LogP contribution is 2.17. The van der Waals surface area contributed by atoms with Gasteiger partial charge in [0.05, 0.1) is 18.0 Å². The minimum atomic E-state index is -3.54. The number of aryl methyl sites for hydroxylation is 1. The van der Waals surface area contributed by atoms with E-state index in [9.17, 15) is 12.8 Å². The van der Waals surface area contributed by atoms with E-state index in [1.807, 2.05) is 6.92 Å².